The smallest absolute Gasteiger partial charge is 0.257 e. The van der Waals surface area contributed by atoms with E-state index in [2.05, 4.69) is 16.0 Å². The first kappa shape index (κ1) is 25.3. The van der Waals surface area contributed by atoms with E-state index in [1.807, 2.05) is 31.2 Å². The fourth-order valence-corrected chi connectivity index (χ4v) is 3.37. The third-order valence-corrected chi connectivity index (χ3v) is 5.13. The van der Waals surface area contributed by atoms with Gasteiger partial charge in [0, 0.05) is 18.7 Å². The Morgan fingerprint density at radius 2 is 1.54 bits per heavy atom. The lowest BCUT2D eigenvalue weighted by Crippen LogP contribution is -2.40. The largest absolute Gasteiger partial charge is 0.493 e. The molecule has 35 heavy (non-hydrogen) atoms. The average molecular weight is 476 g/mol. The van der Waals surface area contributed by atoms with Gasteiger partial charge in [-0.2, -0.15) is 0 Å². The molecule has 0 saturated carbocycles. The molecule has 0 radical (unpaired) electrons. The van der Waals surface area contributed by atoms with E-state index >= 15 is 0 Å². The highest BCUT2D eigenvalue weighted by Crippen LogP contribution is 2.28. The normalized spacial score (nSPS) is 11.1. The Morgan fingerprint density at radius 3 is 2.20 bits per heavy atom. The van der Waals surface area contributed by atoms with Crippen LogP contribution >= 0.6 is 0 Å². The second-order valence-corrected chi connectivity index (χ2v) is 7.63. The second-order valence-electron chi connectivity index (χ2n) is 7.63. The second kappa shape index (κ2) is 12.8. The van der Waals surface area contributed by atoms with E-state index in [0.29, 0.717) is 29.2 Å². The van der Waals surface area contributed by atoms with Gasteiger partial charge in [0.25, 0.3) is 11.8 Å². The Bertz CT molecular complexity index is 1140. The summed E-state index contributed by atoms with van der Waals surface area (Å²) in [5.41, 5.74) is 1.90. The molecule has 0 aromatic heterocycles. The standard InChI is InChI=1S/C27H29N3O5/c1-3-28-24(31)18-35-22-15-14-19(16-23(22)34-2)17-29-27(33)25(20-10-6-4-7-11-20)30-26(32)21-12-8-5-9-13-21/h4-16,25H,3,17-18H2,1-2H3,(H,28,31)(H,29,33)(H,30,32). The Morgan fingerprint density at radius 1 is 0.857 bits per heavy atom. The summed E-state index contributed by atoms with van der Waals surface area (Å²) < 4.78 is 10.9. The van der Waals surface area contributed by atoms with E-state index in [4.69, 9.17) is 9.47 Å². The average Bonchev–Trinajstić information content (AvgIpc) is 2.90. The minimum absolute atomic E-state index is 0.125. The summed E-state index contributed by atoms with van der Waals surface area (Å²) in [6, 6.07) is 22.1. The van der Waals surface area contributed by atoms with Gasteiger partial charge in [-0.1, -0.05) is 54.6 Å². The molecule has 182 valence electrons. The molecule has 3 aromatic rings. The number of nitrogens with one attached hydrogen (secondary N) is 3. The molecule has 1 unspecified atom stereocenters. The number of ether oxygens (including phenoxy) is 2. The molecule has 3 aromatic carbocycles. The summed E-state index contributed by atoms with van der Waals surface area (Å²) in [6.45, 7) is 2.43. The van der Waals surface area contributed by atoms with Crippen LogP contribution in [0.1, 0.15) is 34.5 Å². The van der Waals surface area contributed by atoms with E-state index < -0.39 is 6.04 Å². The van der Waals surface area contributed by atoms with Crippen molar-refractivity contribution in [2.75, 3.05) is 20.3 Å². The van der Waals surface area contributed by atoms with E-state index in [-0.39, 0.29) is 30.9 Å². The van der Waals surface area contributed by atoms with Crippen LogP contribution in [0.3, 0.4) is 0 Å². The van der Waals surface area contributed by atoms with Crippen LogP contribution in [0.15, 0.2) is 78.9 Å². The zero-order valence-electron chi connectivity index (χ0n) is 19.7. The lowest BCUT2D eigenvalue weighted by molar-refractivity contribution is -0.123. The third kappa shape index (κ3) is 7.33. The van der Waals surface area contributed by atoms with Gasteiger partial charge < -0.3 is 25.4 Å². The van der Waals surface area contributed by atoms with E-state index in [1.54, 1.807) is 54.6 Å². The number of benzene rings is 3. The minimum Gasteiger partial charge on any atom is -0.493 e. The van der Waals surface area contributed by atoms with Gasteiger partial charge in [0.1, 0.15) is 6.04 Å². The highest BCUT2D eigenvalue weighted by atomic mass is 16.5. The van der Waals surface area contributed by atoms with Gasteiger partial charge in [0.05, 0.1) is 7.11 Å². The summed E-state index contributed by atoms with van der Waals surface area (Å²) >= 11 is 0. The quantitative estimate of drug-likeness (QED) is 0.395. The Hall–Kier alpha value is -4.33. The summed E-state index contributed by atoms with van der Waals surface area (Å²) in [5.74, 6) is -0.0551. The highest BCUT2D eigenvalue weighted by Gasteiger charge is 2.23. The van der Waals surface area contributed by atoms with Gasteiger partial charge in [-0.15, -0.1) is 0 Å². The number of rotatable bonds is 11. The molecule has 0 spiro atoms. The van der Waals surface area contributed by atoms with Crippen LogP contribution < -0.4 is 25.4 Å². The molecular weight excluding hydrogens is 446 g/mol. The van der Waals surface area contributed by atoms with Gasteiger partial charge in [-0.05, 0) is 42.3 Å². The van der Waals surface area contributed by atoms with Crippen LogP contribution in [-0.2, 0) is 16.1 Å². The predicted octanol–water partition coefficient (Wildman–Crippen LogP) is 3.00. The molecule has 0 aliphatic rings. The number of methoxy groups -OCH3 is 1. The molecular formula is C27H29N3O5. The lowest BCUT2D eigenvalue weighted by atomic mass is 10.0. The van der Waals surface area contributed by atoms with Crippen LogP contribution in [0.25, 0.3) is 0 Å². The fraction of sp³-hybridized carbons (Fsp3) is 0.222. The zero-order valence-corrected chi connectivity index (χ0v) is 19.7. The Labute approximate surface area is 204 Å². The first-order valence-electron chi connectivity index (χ1n) is 11.3. The van der Waals surface area contributed by atoms with Gasteiger partial charge >= 0.3 is 0 Å². The summed E-state index contributed by atoms with van der Waals surface area (Å²) in [5, 5.41) is 8.36. The van der Waals surface area contributed by atoms with Crippen molar-refractivity contribution in [1.29, 1.82) is 0 Å². The van der Waals surface area contributed by atoms with E-state index in [1.165, 1.54) is 7.11 Å². The van der Waals surface area contributed by atoms with E-state index in [0.717, 1.165) is 5.56 Å². The van der Waals surface area contributed by atoms with Gasteiger partial charge in [-0.3, -0.25) is 14.4 Å². The lowest BCUT2D eigenvalue weighted by Gasteiger charge is -2.19. The molecule has 0 heterocycles. The first-order valence-corrected chi connectivity index (χ1v) is 11.3. The monoisotopic (exact) mass is 475 g/mol. The Balaban J connectivity index is 1.68. The zero-order chi connectivity index (χ0) is 25.0. The van der Waals surface area contributed by atoms with Crippen LogP contribution in [0.4, 0.5) is 0 Å². The maximum absolute atomic E-state index is 13.1. The molecule has 0 saturated heterocycles. The highest BCUT2D eigenvalue weighted by molar-refractivity contribution is 5.97. The van der Waals surface area contributed by atoms with Crippen molar-refractivity contribution in [1.82, 2.24) is 16.0 Å². The molecule has 3 N–H and O–H groups in total. The Kier molecular flexibility index (Phi) is 9.24. The van der Waals surface area contributed by atoms with Crippen molar-refractivity contribution in [3.63, 3.8) is 0 Å². The third-order valence-electron chi connectivity index (χ3n) is 5.13. The molecule has 0 aliphatic heterocycles. The van der Waals surface area contributed by atoms with Crippen molar-refractivity contribution in [3.05, 3.63) is 95.6 Å². The SMILES string of the molecule is CCNC(=O)COc1ccc(CNC(=O)C(NC(=O)c2ccccc2)c2ccccc2)cc1OC. The van der Waals surface area contributed by atoms with Gasteiger partial charge in [0.15, 0.2) is 18.1 Å². The molecule has 0 bridgehead atoms. The summed E-state index contributed by atoms with van der Waals surface area (Å²) in [4.78, 5) is 37.5. The number of carbonyl (C=O) groups excluding carboxylic acids is 3. The predicted molar refractivity (Wildman–Crippen MR) is 132 cm³/mol. The number of hydrogen-bond donors (Lipinski definition) is 3. The molecule has 8 heteroatoms. The van der Waals surface area contributed by atoms with Crippen molar-refractivity contribution in [2.24, 2.45) is 0 Å². The van der Waals surface area contributed by atoms with Crippen LogP contribution in [0.2, 0.25) is 0 Å². The van der Waals surface area contributed by atoms with Crippen LogP contribution in [0.5, 0.6) is 11.5 Å². The summed E-state index contributed by atoms with van der Waals surface area (Å²) in [7, 11) is 1.50. The number of amides is 3. The molecule has 8 nitrogen and oxygen atoms in total. The van der Waals surface area contributed by atoms with Gasteiger partial charge in [-0.25, -0.2) is 0 Å². The summed E-state index contributed by atoms with van der Waals surface area (Å²) in [6.07, 6.45) is 0. The molecule has 0 aliphatic carbocycles. The van der Waals surface area contributed by atoms with Crippen molar-refractivity contribution in [3.8, 4) is 11.5 Å². The van der Waals surface area contributed by atoms with Crippen molar-refractivity contribution < 1.29 is 23.9 Å². The minimum atomic E-state index is -0.870. The molecule has 3 amide bonds. The van der Waals surface area contributed by atoms with E-state index in [9.17, 15) is 14.4 Å². The number of carbonyl (C=O) groups is 3. The van der Waals surface area contributed by atoms with Gasteiger partial charge in [0.2, 0.25) is 5.91 Å². The number of hydrogen-bond acceptors (Lipinski definition) is 5. The molecule has 1 atom stereocenters. The van der Waals surface area contributed by atoms with Crippen LogP contribution in [-0.4, -0.2) is 38.0 Å². The fourth-order valence-electron chi connectivity index (χ4n) is 3.37. The topological polar surface area (TPSA) is 106 Å². The van der Waals surface area contributed by atoms with Crippen LogP contribution in [0, 0.1) is 0 Å². The van der Waals surface area contributed by atoms with Crippen molar-refractivity contribution in [2.45, 2.75) is 19.5 Å². The molecule has 0 fully saturated rings. The van der Waals surface area contributed by atoms with Crippen molar-refractivity contribution >= 4 is 17.7 Å². The maximum atomic E-state index is 13.1. The first-order chi connectivity index (χ1) is 17.0. The maximum Gasteiger partial charge on any atom is 0.257 e. The number of likely N-dealkylation sites (N-methyl/N-ethyl adjacent to an activating group) is 1. The molecule has 3 rings (SSSR count).